The van der Waals surface area contributed by atoms with Crippen LogP contribution in [0.25, 0.3) is 0 Å². The Balaban J connectivity index is 3.03. The molecule has 1 rings (SSSR count). The van der Waals surface area contributed by atoms with Crippen LogP contribution in [0.1, 0.15) is 10.4 Å². The van der Waals surface area contributed by atoms with Crippen LogP contribution < -0.4 is 0 Å². The van der Waals surface area contributed by atoms with Gasteiger partial charge in [0.25, 0.3) is 0 Å². The van der Waals surface area contributed by atoms with Crippen molar-refractivity contribution in [1.82, 2.24) is 0 Å². The molecular formula is C8H7FOS. The highest BCUT2D eigenvalue weighted by Gasteiger charge is 2.06. The maximum atomic E-state index is 11.9. The molecule has 0 bridgehead atoms. The minimum absolute atomic E-state index is 0.346. The lowest BCUT2D eigenvalue weighted by Crippen LogP contribution is -2.01. The third-order valence-electron chi connectivity index (χ3n) is 1.33. The van der Waals surface area contributed by atoms with E-state index < -0.39 is 12.5 Å². The van der Waals surface area contributed by atoms with Crippen LogP contribution in [0.2, 0.25) is 0 Å². The normalized spacial score (nSPS) is 9.64. The van der Waals surface area contributed by atoms with Gasteiger partial charge in [0.1, 0.15) is 0 Å². The third-order valence-corrected chi connectivity index (χ3v) is 1.72. The van der Waals surface area contributed by atoms with E-state index in [1.165, 1.54) is 0 Å². The lowest BCUT2D eigenvalue weighted by molar-refractivity contribution is 0.0956. The predicted octanol–water partition coefficient (Wildman–Crippen LogP) is 2.13. The molecule has 0 aliphatic rings. The highest BCUT2D eigenvalue weighted by molar-refractivity contribution is 7.80. The molecule has 0 atom stereocenters. The number of ketones is 1. The van der Waals surface area contributed by atoms with E-state index in [4.69, 9.17) is 0 Å². The summed E-state index contributed by atoms with van der Waals surface area (Å²) in [6.45, 7) is -0.961. The minimum atomic E-state index is -0.961. The quantitative estimate of drug-likeness (QED) is 0.531. The molecule has 0 N–H and O–H groups in total. The zero-order chi connectivity index (χ0) is 8.27. The molecule has 0 aliphatic heterocycles. The Bertz CT molecular complexity index is 273. The smallest absolute Gasteiger partial charge is 0.194 e. The molecule has 0 aliphatic carbocycles. The number of rotatable bonds is 2. The van der Waals surface area contributed by atoms with Gasteiger partial charge < -0.3 is 0 Å². The number of carbonyl (C=O) groups is 1. The van der Waals surface area contributed by atoms with Crippen LogP contribution in [0.3, 0.4) is 0 Å². The van der Waals surface area contributed by atoms with Gasteiger partial charge in [0, 0.05) is 10.5 Å². The van der Waals surface area contributed by atoms with Crippen LogP contribution in [0, 0.1) is 0 Å². The van der Waals surface area contributed by atoms with Crippen molar-refractivity contribution in [3.63, 3.8) is 0 Å². The maximum absolute atomic E-state index is 11.9. The molecule has 11 heavy (non-hydrogen) atoms. The topological polar surface area (TPSA) is 17.1 Å². The Morgan fingerprint density at radius 1 is 1.45 bits per heavy atom. The Kier molecular flexibility index (Phi) is 2.65. The summed E-state index contributed by atoms with van der Waals surface area (Å²) in [5, 5.41) is 0. The van der Waals surface area contributed by atoms with Crippen LogP contribution >= 0.6 is 12.6 Å². The summed E-state index contributed by atoms with van der Waals surface area (Å²) >= 11 is 4.00. The molecular weight excluding hydrogens is 163 g/mol. The van der Waals surface area contributed by atoms with Crippen molar-refractivity contribution in [3.05, 3.63) is 29.8 Å². The van der Waals surface area contributed by atoms with Crippen LogP contribution in [-0.2, 0) is 0 Å². The Morgan fingerprint density at radius 2 is 2.09 bits per heavy atom. The first-order chi connectivity index (χ1) is 5.25. The van der Waals surface area contributed by atoms with Crippen LogP contribution in [0.15, 0.2) is 29.2 Å². The molecule has 1 aromatic rings. The fourth-order valence-corrected chi connectivity index (χ4v) is 1.07. The van der Waals surface area contributed by atoms with E-state index >= 15 is 0 Å². The Morgan fingerprint density at radius 3 is 2.64 bits per heavy atom. The molecule has 58 valence electrons. The molecule has 1 aromatic carbocycles. The summed E-state index contributed by atoms with van der Waals surface area (Å²) in [7, 11) is 0. The Hall–Kier alpha value is -0.830. The van der Waals surface area contributed by atoms with Gasteiger partial charge in [-0.1, -0.05) is 18.2 Å². The lowest BCUT2D eigenvalue weighted by Gasteiger charge is -1.98. The van der Waals surface area contributed by atoms with Gasteiger partial charge in [0.2, 0.25) is 0 Å². The monoisotopic (exact) mass is 170 g/mol. The number of Topliss-reactive ketones (excluding diaryl/α,β-unsaturated/α-hetero) is 1. The highest BCUT2D eigenvalue weighted by atomic mass is 32.1. The van der Waals surface area contributed by atoms with E-state index in [2.05, 4.69) is 12.6 Å². The zero-order valence-corrected chi connectivity index (χ0v) is 6.64. The summed E-state index contributed by atoms with van der Waals surface area (Å²) in [6.07, 6.45) is 0. The van der Waals surface area contributed by atoms with Crippen LogP contribution in [0.5, 0.6) is 0 Å². The van der Waals surface area contributed by atoms with Gasteiger partial charge in [0.15, 0.2) is 12.5 Å². The van der Waals surface area contributed by atoms with Crippen molar-refractivity contribution in [2.24, 2.45) is 0 Å². The number of benzene rings is 1. The standard InChI is InChI=1S/C8H7FOS/c9-5-7(10)6-3-1-2-4-8(6)11/h1-4,11H,5H2. The molecule has 0 aromatic heterocycles. The SMILES string of the molecule is O=C(CF)c1ccccc1S. The summed E-state index contributed by atoms with van der Waals surface area (Å²) in [5.41, 5.74) is 0.346. The lowest BCUT2D eigenvalue weighted by atomic mass is 10.1. The number of alkyl halides is 1. The van der Waals surface area contributed by atoms with Crippen LogP contribution in [-0.4, -0.2) is 12.5 Å². The summed E-state index contributed by atoms with van der Waals surface area (Å²) < 4.78 is 11.9. The minimum Gasteiger partial charge on any atom is -0.291 e. The third kappa shape index (κ3) is 1.80. The second-order valence-electron chi connectivity index (χ2n) is 2.07. The van der Waals surface area contributed by atoms with Gasteiger partial charge in [-0.15, -0.1) is 12.6 Å². The van der Waals surface area contributed by atoms with E-state index in [1.807, 2.05) is 0 Å². The molecule has 0 amide bonds. The molecule has 0 saturated carbocycles. The average molecular weight is 170 g/mol. The number of hydrogen-bond donors (Lipinski definition) is 1. The fraction of sp³-hybridized carbons (Fsp3) is 0.125. The molecule has 0 saturated heterocycles. The fourth-order valence-electron chi connectivity index (χ4n) is 0.781. The van der Waals surface area contributed by atoms with Gasteiger partial charge in [0.05, 0.1) is 0 Å². The van der Waals surface area contributed by atoms with Crippen molar-refractivity contribution in [3.8, 4) is 0 Å². The van der Waals surface area contributed by atoms with Gasteiger partial charge in [-0.25, -0.2) is 4.39 Å². The van der Waals surface area contributed by atoms with Crippen molar-refractivity contribution in [2.75, 3.05) is 6.67 Å². The number of hydrogen-bond acceptors (Lipinski definition) is 2. The number of halogens is 1. The van der Waals surface area contributed by atoms with Gasteiger partial charge in [-0.2, -0.15) is 0 Å². The van der Waals surface area contributed by atoms with E-state index in [-0.39, 0.29) is 0 Å². The molecule has 0 spiro atoms. The summed E-state index contributed by atoms with van der Waals surface area (Å²) in [4.78, 5) is 11.3. The van der Waals surface area contributed by atoms with Crippen LogP contribution in [0.4, 0.5) is 4.39 Å². The molecule has 0 radical (unpaired) electrons. The van der Waals surface area contributed by atoms with E-state index in [0.717, 1.165) is 0 Å². The van der Waals surface area contributed by atoms with E-state index in [0.29, 0.717) is 10.5 Å². The van der Waals surface area contributed by atoms with Gasteiger partial charge in [-0.3, -0.25) is 4.79 Å². The van der Waals surface area contributed by atoms with Crippen molar-refractivity contribution >= 4 is 18.4 Å². The first-order valence-electron chi connectivity index (χ1n) is 3.13. The average Bonchev–Trinajstić information content (AvgIpc) is 2.04. The largest absolute Gasteiger partial charge is 0.291 e. The van der Waals surface area contributed by atoms with Gasteiger partial charge in [-0.05, 0) is 6.07 Å². The second kappa shape index (κ2) is 3.53. The first-order valence-corrected chi connectivity index (χ1v) is 3.57. The summed E-state index contributed by atoms with van der Waals surface area (Å²) in [6, 6.07) is 6.65. The second-order valence-corrected chi connectivity index (χ2v) is 2.56. The van der Waals surface area contributed by atoms with Crippen molar-refractivity contribution in [1.29, 1.82) is 0 Å². The molecule has 0 unspecified atom stereocenters. The van der Waals surface area contributed by atoms with Crippen molar-refractivity contribution in [2.45, 2.75) is 4.90 Å². The van der Waals surface area contributed by atoms with Gasteiger partial charge >= 0.3 is 0 Å². The number of carbonyl (C=O) groups excluding carboxylic acids is 1. The molecule has 3 heteroatoms. The van der Waals surface area contributed by atoms with E-state index in [1.54, 1.807) is 24.3 Å². The molecule has 1 nitrogen and oxygen atoms in total. The number of thiol groups is 1. The van der Waals surface area contributed by atoms with E-state index in [9.17, 15) is 9.18 Å². The predicted molar refractivity (Wildman–Crippen MR) is 44.0 cm³/mol. The molecule has 0 fully saturated rings. The molecule has 0 heterocycles. The highest BCUT2D eigenvalue weighted by Crippen LogP contribution is 2.13. The Labute approximate surface area is 69.6 Å². The van der Waals surface area contributed by atoms with Crippen molar-refractivity contribution < 1.29 is 9.18 Å². The first kappa shape index (κ1) is 8.27. The summed E-state index contributed by atoms with van der Waals surface area (Å²) in [5.74, 6) is -0.518. The zero-order valence-electron chi connectivity index (χ0n) is 5.75. The maximum Gasteiger partial charge on any atom is 0.194 e.